The normalized spacial score (nSPS) is 11.0. The molecule has 3 rings (SSSR count). The second-order valence-corrected chi connectivity index (χ2v) is 6.19. The molecule has 1 aromatic heterocycles. The Morgan fingerprint density at radius 1 is 0.958 bits per heavy atom. The molecule has 1 heterocycles. The van der Waals surface area contributed by atoms with Gasteiger partial charge >= 0.3 is 5.97 Å². The summed E-state index contributed by atoms with van der Waals surface area (Å²) in [6, 6.07) is 11.4. The van der Waals surface area contributed by atoms with Gasteiger partial charge in [0.1, 0.15) is 5.69 Å². The zero-order chi connectivity index (χ0) is 17.6. The first-order chi connectivity index (χ1) is 11.3. The summed E-state index contributed by atoms with van der Waals surface area (Å²) in [6.45, 7) is 5.86. The summed E-state index contributed by atoms with van der Waals surface area (Å²) in [7, 11) is 1.52. The highest BCUT2D eigenvalue weighted by Gasteiger charge is 2.22. The van der Waals surface area contributed by atoms with Gasteiger partial charge in [0.25, 0.3) is 5.56 Å². The maximum atomic E-state index is 12.7. The predicted molar refractivity (Wildman–Crippen MR) is 95.8 cm³/mol. The number of hydrogen-bond donors (Lipinski definition) is 1. The van der Waals surface area contributed by atoms with E-state index in [-0.39, 0.29) is 11.3 Å². The molecule has 4 nitrogen and oxygen atoms in total. The second-order valence-electron chi connectivity index (χ2n) is 6.19. The Morgan fingerprint density at radius 3 is 2.12 bits per heavy atom. The highest BCUT2D eigenvalue weighted by Crippen LogP contribution is 2.33. The van der Waals surface area contributed by atoms with Crippen LogP contribution >= 0.6 is 0 Å². The van der Waals surface area contributed by atoms with Crippen LogP contribution in [0.5, 0.6) is 0 Å². The SMILES string of the molecule is Cc1cc2c(-c3ccccc3C)c(C(=O)O)n(C)c(=O)c2cc1C. The summed E-state index contributed by atoms with van der Waals surface area (Å²) in [5, 5.41) is 11.0. The number of carbonyl (C=O) groups is 1. The number of rotatable bonds is 2. The van der Waals surface area contributed by atoms with E-state index >= 15 is 0 Å². The lowest BCUT2D eigenvalue weighted by Gasteiger charge is -2.17. The van der Waals surface area contributed by atoms with Gasteiger partial charge in [0, 0.05) is 18.0 Å². The molecule has 2 aromatic carbocycles. The molecule has 122 valence electrons. The van der Waals surface area contributed by atoms with E-state index in [1.54, 1.807) is 0 Å². The molecule has 24 heavy (non-hydrogen) atoms. The molecule has 0 aliphatic rings. The lowest BCUT2D eigenvalue weighted by atomic mass is 9.92. The van der Waals surface area contributed by atoms with Crippen molar-refractivity contribution < 1.29 is 9.90 Å². The molecule has 0 saturated heterocycles. The molecule has 0 bridgehead atoms. The van der Waals surface area contributed by atoms with Gasteiger partial charge < -0.3 is 9.67 Å². The van der Waals surface area contributed by atoms with Crippen LogP contribution in [0, 0.1) is 20.8 Å². The van der Waals surface area contributed by atoms with E-state index in [1.165, 1.54) is 11.6 Å². The van der Waals surface area contributed by atoms with Crippen LogP contribution in [-0.4, -0.2) is 15.6 Å². The zero-order valence-corrected chi connectivity index (χ0v) is 14.2. The Bertz CT molecular complexity index is 1040. The van der Waals surface area contributed by atoms with Gasteiger partial charge in [0.15, 0.2) is 0 Å². The maximum absolute atomic E-state index is 12.7. The number of carboxylic acid groups (broad SMARTS) is 1. The number of pyridine rings is 1. The van der Waals surface area contributed by atoms with Crippen molar-refractivity contribution >= 4 is 16.7 Å². The fraction of sp³-hybridized carbons (Fsp3) is 0.200. The number of carboxylic acids is 1. The highest BCUT2D eigenvalue weighted by molar-refractivity contribution is 6.07. The average Bonchev–Trinajstić information content (AvgIpc) is 2.53. The predicted octanol–water partition coefficient (Wildman–Crippen LogP) is 3.83. The molecular weight excluding hydrogens is 302 g/mol. The Hall–Kier alpha value is -2.88. The van der Waals surface area contributed by atoms with E-state index in [4.69, 9.17) is 0 Å². The van der Waals surface area contributed by atoms with Crippen LogP contribution in [0.1, 0.15) is 27.2 Å². The van der Waals surface area contributed by atoms with Crippen molar-refractivity contribution in [1.82, 2.24) is 4.57 Å². The van der Waals surface area contributed by atoms with E-state index in [1.807, 2.05) is 57.2 Å². The number of benzene rings is 2. The molecule has 0 saturated carbocycles. The van der Waals surface area contributed by atoms with Crippen molar-refractivity contribution in [2.24, 2.45) is 7.05 Å². The Kier molecular flexibility index (Phi) is 3.76. The van der Waals surface area contributed by atoms with Crippen molar-refractivity contribution in [3.8, 4) is 11.1 Å². The Morgan fingerprint density at radius 2 is 1.54 bits per heavy atom. The first-order valence-electron chi connectivity index (χ1n) is 7.76. The number of aryl methyl sites for hydroxylation is 3. The third-order valence-electron chi connectivity index (χ3n) is 4.63. The third kappa shape index (κ3) is 2.31. The van der Waals surface area contributed by atoms with Crippen molar-refractivity contribution in [3.63, 3.8) is 0 Å². The monoisotopic (exact) mass is 321 g/mol. The first-order valence-corrected chi connectivity index (χ1v) is 7.76. The molecule has 0 atom stereocenters. The van der Waals surface area contributed by atoms with Crippen molar-refractivity contribution in [3.05, 3.63) is 69.1 Å². The lowest BCUT2D eigenvalue weighted by Crippen LogP contribution is -2.25. The molecular formula is C20H19NO3. The topological polar surface area (TPSA) is 59.3 Å². The zero-order valence-electron chi connectivity index (χ0n) is 14.2. The molecule has 0 aliphatic heterocycles. The highest BCUT2D eigenvalue weighted by atomic mass is 16.4. The van der Waals surface area contributed by atoms with Crippen LogP contribution in [0.25, 0.3) is 21.9 Å². The number of nitrogens with zero attached hydrogens (tertiary/aromatic N) is 1. The van der Waals surface area contributed by atoms with Crippen LogP contribution in [0.15, 0.2) is 41.2 Å². The van der Waals surface area contributed by atoms with Crippen molar-refractivity contribution in [2.75, 3.05) is 0 Å². The van der Waals surface area contributed by atoms with Crippen molar-refractivity contribution in [1.29, 1.82) is 0 Å². The lowest BCUT2D eigenvalue weighted by molar-refractivity contribution is 0.0686. The third-order valence-corrected chi connectivity index (χ3v) is 4.63. The number of aromatic nitrogens is 1. The molecule has 0 aliphatic carbocycles. The number of hydrogen-bond acceptors (Lipinski definition) is 2. The largest absolute Gasteiger partial charge is 0.477 e. The summed E-state index contributed by atoms with van der Waals surface area (Å²) in [6.07, 6.45) is 0. The number of fused-ring (bicyclic) bond motifs is 1. The fourth-order valence-electron chi connectivity index (χ4n) is 3.15. The summed E-state index contributed by atoms with van der Waals surface area (Å²) < 4.78 is 1.24. The summed E-state index contributed by atoms with van der Waals surface area (Å²) in [5.74, 6) is -1.10. The quantitative estimate of drug-likeness (QED) is 0.780. The van der Waals surface area contributed by atoms with Crippen LogP contribution in [0.4, 0.5) is 0 Å². The van der Waals surface area contributed by atoms with Crippen LogP contribution in [0.3, 0.4) is 0 Å². The van der Waals surface area contributed by atoms with Gasteiger partial charge in [0.2, 0.25) is 0 Å². The molecule has 1 N–H and O–H groups in total. The molecule has 0 fully saturated rings. The van der Waals surface area contributed by atoms with Gasteiger partial charge in [-0.1, -0.05) is 30.3 Å². The average molecular weight is 321 g/mol. The van der Waals surface area contributed by atoms with Gasteiger partial charge in [-0.15, -0.1) is 0 Å². The van der Waals surface area contributed by atoms with E-state index in [0.29, 0.717) is 16.3 Å². The summed E-state index contributed by atoms with van der Waals surface area (Å²) in [5.41, 5.74) is 4.17. The molecule has 0 spiro atoms. The van der Waals surface area contributed by atoms with E-state index in [9.17, 15) is 14.7 Å². The van der Waals surface area contributed by atoms with E-state index in [2.05, 4.69) is 0 Å². The van der Waals surface area contributed by atoms with Gasteiger partial charge in [-0.25, -0.2) is 4.79 Å². The smallest absolute Gasteiger partial charge is 0.353 e. The minimum Gasteiger partial charge on any atom is -0.477 e. The Labute approximate surface area is 140 Å². The van der Waals surface area contributed by atoms with Crippen LogP contribution in [-0.2, 0) is 7.05 Å². The van der Waals surface area contributed by atoms with Gasteiger partial charge in [-0.05, 0) is 54.5 Å². The van der Waals surface area contributed by atoms with Crippen LogP contribution < -0.4 is 5.56 Å². The summed E-state index contributed by atoms with van der Waals surface area (Å²) >= 11 is 0. The Balaban J connectivity index is 2.64. The second kappa shape index (κ2) is 5.64. The summed E-state index contributed by atoms with van der Waals surface area (Å²) in [4.78, 5) is 24.6. The molecule has 4 heteroatoms. The maximum Gasteiger partial charge on any atom is 0.353 e. The van der Waals surface area contributed by atoms with Crippen molar-refractivity contribution in [2.45, 2.75) is 20.8 Å². The van der Waals surface area contributed by atoms with E-state index < -0.39 is 5.97 Å². The molecule has 0 radical (unpaired) electrons. The van der Waals surface area contributed by atoms with E-state index in [0.717, 1.165) is 22.3 Å². The van der Waals surface area contributed by atoms with Gasteiger partial charge in [-0.2, -0.15) is 0 Å². The number of aromatic carboxylic acids is 1. The standard InChI is InChI=1S/C20H19NO3/c1-11-7-5-6-8-14(11)17-15-9-12(2)13(3)10-16(15)19(22)21(4)18(17)20(23)24/h5-10H,1-4H3,(H,23,24). The molecule has 0 unspecified atom stereocenters. The van der Waals surface area contributed by atoms with Crippen LogP contribution in [0.2, 0.25) is 0 Å². The van der Waals surface area contributed by atoms with Gasteiger partial charge in [0.05, 0.1) is 0 Å². The minimum absolute atomic E-state index is 0.0186. The fourth-order valence-corrected chi connectivity index (χ4v) is 3.15. The van der Waals surface area contributed by atoms with Gasteiger partial charge in [-0.3, -0.25) is 4.79 Å². The molecule has 3 aromatic rings. The first kappa shape index (κ1) is 16.0. The minimum atomic E-state index is -1.10. The molecule has 0 amide bonds.